The van der Waals surface area contributed by atoms with Gasteiger partial charge in [-0.15, -0.1) is 0 Å². The lowest BCUT2D eigenvalue weighted by molar-refractivity contribution is -0.146. The van der Waals surface area contributed by atoms with Crippen molar-refractivity contribution in [2.45, 2.75) is 19.8 Å². The minimum Gasteiger partial charge on any atom is -0.481 e. The molecule has 2 aromatic rings. The van der Waals surface area contributed by atoms with Gasteiger partial charge in [0.2, 0.25) is 5.91 Å². The largest absolute Gasteiger partial charge is 0.481 e. The van der Waals surface area contributed by atoms with Gasteiger partial charge in [-0.1, -0.05) is 35.1 Å². The molecule has 0 fully saturated rings. The zero-order valence-electron chi connectivity index (χ0n) is 12.1. The number of aliphatic carboxylic acids is 1. The van der Waals surface area contributed by atoms with Gasteiger partial charge < -0.3 is 10.4 Å². The minimum absolute atomic E-state index is 0.268. The summed E-state index contributed by atoms with van der Waals surface area (Å²) in [6.45, 7) is 1.90. The second-order valence-electron chi connectivity index (χ2n) is 5.52. The maximum absolute atomic E-state index is 12.4. The number of carbonyl (C=O) groups excluding carboxylic acids is 1. The molecule has 0 saturated carbocycles. The lowest BCUT2D eigenvalue weighted by Gasteiger charge is -2.26. The second-order valence-corrected chi connectivity index (χ2v) is 6.55. The molecule has 1 amide bonds. The number of hydrogen-bond acceptors (Lipinski definition) is 4. The van der Waals surface area contributed by atoms with Crippen molar-refractivity contribution < 1.29 is 14.7 Å². The fourth-order valence-corrected chi connectivity index (χ4v) is 3.61. The maximum atomic E-state index is 12.4. The molecule has 3 rings (SSSR count). The Kier molecular flexibility index (Phi) is 3.94. The first-order valence-corrected chi connectivity index (χ1v) is 7.91. The molecule has 2 N–H and O–H groups in total. The highest BCUT2D eigenvalue weighted by Gasteiger charge is 2.35. The van der Waals surface area contributed by atoms with Crippen molar-refractivity contribution in [1.82, 2.24) is 4.98 Å². The number of aromatic nitrogens is 1. The SMILES string of the molecule is CC1=CC[C@@H](C(=O)Nc2nc3ccccc3s2)[C@@H](C(=O)O)C1. The normalized spacial score (nSPS) is 21.4. The topological polar surface area (TPSA) is 79.3 Å². The average molecular weight is 316 g/mol. The fourth-order valence-electron chi connectivity index (χ4n) is 2.74. The Morgan fingerprint density at radius 1 is 1.32 bits per heavy atom. The number of carboxylic acid groups (broad SMARTS) is 1. The number of rotatable bonds is 3. The van der Waals surface area contributed by atoms with Crippen LogP contribution in [0.1, 0.15) is 19.8 Å². The first-order valence-electron chi connectivity index (χ1n) is 7.09. The summed E-state index contributed by atoms with van der Waals surface area (Å²) in [5.74, 6) is -2.40. The first kappa shape index (κ1) is 14.7. The van der Waals surface area contributed by atoms with E-state index in [1.165, 1.54) is 11.3 Å². The van der Waals surface area contributed by atoms with Crippen LogP contribution in [0.2, 0.25) is 0 Å². The van der Waals surface area contributed by atoms with Crippen LogP contribution in [-0.4, -0.2) is 22.0 Å². The summed E-state index contributed by atoms with van der Waals surface area (Å²) in [4.78, 5) is 28.2. The number of benzene rings is 1. The number of fused-ring (bicyclic) bond motifs is 1. The van der Waals surface area contributed by atoms with Crippen molar-refractivity contribution in [3.63, 3.8) is 0 Å². The number of allylic oxidation sites excluding steroid dienone is 2. The van der Waals surface area contributed by atoms with Crippen LogP contribution in [0.5, 0.6) is 0 Å². The molecule has 1 aliphatic rings. The molecule has 0 spiro atoms. The third-order valence-corrected chi connectivity index (χ3v) is 4.88. The van der Waals surface area contributed by atoms with Crippen molar-refractivity contribution in [2.24, 2.45) is 11.8 Å². The maximum Gasteiger partial charge on any atom is 0.307 e. The first-order chi connectivity index (χ1) is 10.5. The molecule has 0 aliphatic heterocycles. The van der Waals surface area contributed by atoms with E-state index in [1.54, 1.807) is 0 Å². The standard InChI is InChI=1S/C16H16N2O3S/c1-9-6-7-10(11(8-9)15(20)21)14(19)18-16-17-12-4-2-3-5-13(12)22-16/h2-6,10-11H,7-8H2,1H3,(H,20,21)(H,17,18,19)/t10-,11+/m1/s1. The summed E-state index contributed by atoms with van der Waals surface area (Å²) in [6.07, 6.45) is 2.83. The van der Waals surface area contributed by atoms with E-state index < -0.39 is 17.8 Å². The summed E-state index contributed by atoms with van der Waals surface area (Å²) in [6, 6.07) is 7.63. The number of carbonyl (C=O) groups is 2. The van der Waals surface area contributed by atoms with Gasteiger partial charge in [-0.25, -0.2) is 4.98 Å². The smallest absolute Gasteiger partial charge is 0.307 e. The van der Waals surface area contributed by atoms with Gasteiger partial charge in [0, 0.05) is 0 Å². The van der Waals surface area contributed by atoms with Crippen LogP contribution in [0.25, 0.3) is 10.2 Å². The van der Waals surface area contributed by atoms with Crippen molar-refractivity contribution >= 4 is 38.6 Å². The van der Waals surface area contributed by atoms with Crippen LogP contribution < -0.4 is 5.32 Å². The van der Waals surface area contributed by atoms with E-state index in [9.17, 15) is 14.7 Å². The fraction of sp³-hybridized carbons (Fsp3) is 0.312. The Balaban J connectivity index is 1.79. The van der Waals surface area contributed by atoms with E-state index in [4.69, 9.17) is 0 Å². The highest BCUT2D eigenvalue weighted by molar-refractivity contribution is 7.22. The molecule has 114 valence electrons. The van der Waals surface area contributed by atoms with Crippen LogP contribution in [0.15, 0.2) is 35.9 Å². The Morgan fingerprint density at radius 2 is 2.09 bits per heavy atom. The van der Waals surface area contributed by atoms with Gasteiger partial charge >= 0.3 is 5.97 Å². The zero-order valence-corrected chi connectivity index (χ0v) is 12.9. The van der Waals surface area contributed by atoms with Crippen LogP contribution in [0.3, 0.4) is 0 Å². The molecule has 5 nitrogen and oxygen atoms in total. The molecule has 1 aromatic carbocycles. The minimum atomic E-state index is -0.920. The Hall–Kier alpha value is -2.21. The zero-order chi connectivity index (χ0) is 15.7. The predicted molar refractivity (Wildman–Crippen MR) is 85.9 cm³/mol. The van der Waals surface area contributed by atoms with Gasteiger partial charge in [-0.2, -0.15) is 0 Å². The average Bonchev–Trinajstić information content (AvgIpc) is 2.89. The summed E-state index contributed by atoms with van der Waals surface area (Å²) in [5, 5.41) is 12.6. The lowest BCUT2D eigenvalue weighted by Crippen LogP contribution is -2.35. The van der Waals surface area contributed by atoms with Gasteiger partial charge in [-0.05, 0) is 31.9 Å². The molecule has 1 aliphatic carbocycles. The molecule has 6 heteroatoms. The molecule has 1 aromatic heterocycles. The van der Waals surface area contributed by atoms with Crippen molar-refractivity contribution in [1.29, 1.82) is 0 Å². The van der Waals surface area contributed by atoms with Gasteiger partial charge in [0.25, 0.3) is 0 Å². The molecule has 0 unspecified atom stereocenters. The predicted octanol–water partition coefficient (Wildman–Crippen LogP) is 3.29. The van der Waals surface area contributed by atoms with Crippen LogP contribution >= 0.6 is 11.3 Å². The van der Waals surface area contributed by atoms with Crippen molar-refractivity contribution in [2.75, 3.05) is 5.32 Å². The highest BCUT2D eigenvalue weighted by atomic mass is 32.1. The molecule has 0 radical (unpaired) electrons. The number of thiazole rings is 1. The summed E-state index contributed by atoms with van der Waals surface area (Å²) >= 11 is 1.39. The Labute approximate surface area is 131 Å². The summed E-state index contributed by atoms with van der Waals surface area (Å²) < 4.78 is 0.993. The molecular weight excluding hydrogens is 300 g/mol. The number of amides is 1. The molecule has 2 atom stereocenters. The van der Waals surface area contributed by atoms with Gasteiger partial charge in [0.15, 0.2) is 5.13 Å². The summed E-state index contributed by atoms with van der Waals surface area (Å²) in [5.41, 5.74) is 1.86. The monoisotopic (exact) mass is 316 g/mol. The van der Waals surface area contributed by atoms with Crippen molar-refractivity contribution in [3.8, 4) is 0 Å². The van der Waals surface area contributed by atoms with E-state index in [0.717, 1.165) is 15.8 Å². The van der Waals surface area contributed by atoms with E-state index in [2.05, 4.69) is 10.3 Å². The number of hydrogen-bond donors (Lipinski definition) is 2. The summed E-state index contributed by atoms with van der Waals surface area (Å²) in [7, 11) is 0. The number of nitrogens with one attached hydrogen (secondary N) is 1. The third-order valence-electron chi connectivity index (χ3n) is 3.93. The van der Waals surface area contributed by atoms with Crippen LogP contribution in [0, 0.1) is 11.8 Å². The van der Waals surface area contributed by atoms with E-state index in [1.807, 2.05) is 37.3 Å². The number of anilines is 1. The lowest BCUT2D eigenvalue weighted by atomic mass is 9.79. The van der Waals surface area contributed by atoms with E-state index >= 15 is 0 Å². The molecule has 22 heavy (non-hydrogen) atoms. The number of para-hydroxylation sites is 1. The van der Waals surface area contributed by atoms with Gasteiger partial charge in [0.05, 0.1) is 22.1 Å². The van der Waals surface area contributed by atoms with E-state index in [0.29, 0.717) is 18.0 Å². The highest BCUT2D eigenvalue weighted by Crippen LogP contribution is 2.32. The Morgan fingerprint density at radius 3 is 2.82 bits per heavy atom. The molecule has 1 heterocycles. The van der Waals surface area contributed by atoms with Crippen LogP contribution in [0.4, 0.5) is 5.13 Å². The number of carboxylic acids is 1. The van der Waals surface area contributed by atoms with Gasteiger partial charge in [-0.3, -0.25) is 9.59 Å². The Bertz CT molecular complexity index is 733. The third kappa shape index (κ3) is 2.87. The van der Waals surface area contributed by atoms with Gasteiger partial charge in [0.1, 0.15) is 0 Å². The second kappa shape index (κ2) is 5.88. The molecular formula is C16H16N2O3S. The quantitative estimate of drug-likeness (QED) is 0.852. The number of nitrogens with zero attached hydrogens (tertiary/aromatic N) is 1. The van der Waals surface area contributed by atoms with Crippen LogP contribution in [-0.2, 0) is 9.59 Å². The van der Waals surface area contributed by atoms with Crippen molar-refractivity contribution in [3.05, 3.63) is 35.9 Å². The molecule has 0 bridgehead atoms. The molecule has 0 saturated heterocycles. The van der Waals surface area contributed by atoms with E-state index in [-0.39, 0.29) is 5.91 Å².